The van der Waals surface area contributed by atoms with Crippen LogP contribution in [0.25, 0.3) is 0 Å². The van der Waals surface area contributed by atoms with Crippen molar-refractivity contribution < 1.29 is 5.11 Å². The Morgan fingerprint density at radius 2 is 1.89 bits per heavy atom. The van der Waals surface area contributed by atoms with Gasteiger partial charge in [-0.1, -0.05) is 43.6 Å². The summed E-state index contributed by atoms with van der Waals surface area (Å²) < 4.78 is 0. The number of hydrogen-bond donors (Lipinski definition) is 1. The van der Waals surface area contributed by atoms with Crippen molar-refractivity contribution in [2.24, 2.45) is 0 Å². The molecule has 1 unspecified atom stereocenters. The van der Waals surface area contributed by atoms with Gasteiger partial charge in [0.05, 0.1) is 9.90 Å². The average molecular weight is 295 g/mol. The monoisotopic (exact) mass is 294 g/mol. The summed E-state index contributed by atoms with van der Waals surface area (Å²) in [6.45, 7) is 6.27. The zero-order chi connectivity index (χ0) is 14.0. The number of hydrogen-bond acceptors (Lipinski definition) is 2. The third kappa shape index (κ3) is 2.86. The van der Waals surface area contributed by atoms with E-state index in [0.29, 0.717) is 5.02 Å². The summed E-state index contributed by atoms with van der Waals surface area (Å²) in [4.78, 5) is 0.838. The summed E-state index contributed by atoms with van der Waals surface area (Å²) in [6, 6.07) is 6.23. The van der Waals surface area contributed by atoms with E-state index in [1.165, 1.54) is 22.5 Å². The minimum atomic E-state index is -0.623. The van der Waals surface area contributed by atoms with E-state index in [1.807, 2.05) is 18.4 Å². The van der Waals surface area contributed by atoms with Crippen molar-refractivity contribution in [3.8, 4) is 0 Å². The summed E-state index contributed by atoms with van der Waals surface area (Å²) in [5, 5.41) is 13.2. The smallest absolute Gasteiger partial charge is 0.115 e. The van der Waals surface area contributed by atoms with Crippen LogP contribution in [0.5, 0.6) is 0 Å². The summed E-state index contributed by atoms with van der Waals surface area (Å²) >= 11 is 7.76. The van der Waals surface area contributed by atoms with Crippen molar-refractivity contribution in [2.75, 3.05) is 0 Å². The molecule has 1 N–H and O–H groups in total. The van der Waals surface area contributed by atoms with Crippen LogP contribution >= 0.6 is 22.9 Å². The maximum atomic E-state index is 10.5. The molecule has 102 valence electrons. The number of aliphatic hydroxyl groups excluding tert-OH is 1. The first kappa shape index (κ1) is 14.6. The quantitative estimate of drug-likeness (QED) is 0.849. The van der Waals surface area contributed by atoms with Crippen LogP contribution in [-0.2, 0) is 12.8 Å². The molecule has 3 heteroatoms. The van der Waals surface area contributed by atoms with Crippen LogP contribution in [-0.4, -0.2) is 5.11 Å². The molecule has 0 aliphatic heterocycles. The number of rotatable bonds is 4. The van der Waals surface area contributed by atoms with Gasteiger partial charge in [-0.05, 0) is 47.4 Å². The maximum Gasteiger partial charge on any atom is 0.115 e. The molecule has 1 atom stereocenters. The molecule has 1 heterocycles. The highest BCUT2D eigenvalue weighted by Gasteiger charge is 2.18. The lowest BCUT2D eigenvalue weighted by Crippen LogP contribution is -2.01. The van der Waals surface area contributed by atoms with Gasteiger partial charge >= 0.3 is 0 Å². The minimum absolute atomic E-state index is 0.623. The number of benzene rings is 1. The largest absolute Gasteiger partial charge is 0.383 e. The van der Waals surface area contributed by atoms with Gasteiger partial charge in [0.1, 0.15) is 6.10 Å². The van der Waals surface area contributed by atoms with Crippen molar-refractivity contribution in [2.45, 2.75) is 39.7 Å². The molecule has 0 saturated heterocycles. The van der Waals surface area contributed by atoms with Crippen LogP contribution in [0.2, 0.25) is 5.02 Å². The molecule has 19 heavy (non-hydrogen) atoms. The van der Waals surface area contributed by atoms with Crippen LogP contribution in [0, 0.1) is 6.92 Å². The summed E-state index contributed by atoms with van der Waals surface area (Å²) in [7, 11) is 0. The van der Waals surface area contributed by atoms with Gasteiger partial charge < -0.3 is 5.11 Å². The van der Waals surface area contributed by atoms with Gasteiger partial charge in [-0.25, -0.2) is 0 Å². The van der Waals surface area contributed by atoms with E-state index >= 15 is 0 Å². The fourth-order valence-corrected chi connectivity index (χ4v) is 3.58. The van der Waals surface area contributed by atoms with Crippen LogP contribution in [0.1, 0.15) is 47.1 Å². The second-order valence-electron chi connectivity index (χ2n) is 4.73. The summed E-state index contributed by atoms with van der Waals surface area (Å²) in [5.74, 6) is 0. The molecule has 0 spiro atoms. The highest BCUT2D eigenvalue weighted by atomic mass is 35.5. The number of halogens is 1. The molecule has 2 rings (SSSR count). The first-order valence-corrected chi connectivity index (χ1v) is 7.87. The van der Waals surface area contributed by atoms with E-state index in [-0.39, 0.29) is 0 Å². The van der Waals surface area contributed by atoms with E-state index in [0.717, 1.165) is 28.8 Å². The molecule has 2 aromatic rings. The molecule has 0 saturated carbocycles. The van der Waals surface area contributed by atoms with Gasteiger partial charge in [0, 0.05) is 0 Å². The Hall–Kier alpha value is -0.830. The van der Waals surface area contributed by atoms with Gasteiger partial charge in [-0.3, -0.25) is 0 Å². The van der Waals surface area contributed by atoms with Gasteiger partial charge in [0.25, 0.3) is 0 Å². The van der Waals surface area contributed by atoms with Gasteiger partial charge in [-0.2, -0.15) is 0 Å². The second kappa shape index (κ2) is 6.08. The molecular formula is C16H19ClOS. The fraction of sp³-hybridized carbons (Fsp3) is 0.375. The Balaban J connectivity index is 2.39. The zero-order valence-corrected chi connectivity index (χ0v) is 13.1. The first-order chi connectivity index (χ1) is 9.08. The fourth-order valence-electron chi connectivity index (χ4n) is 2.28. The molecule has 0 amide bonds. The van der Waals surface area contributed by atoms with E-state index < -0.39 is 6.10 Å². The van der Waals surface area contributed by atoms with Crippen LogP contribution in [0.15, 0.2) is 23.6 Å². The van der Waals surface area contributed by atoms with Crippen molar-refractivity contribution in [3.05, 3.63) is 55.7 Å². The lowest BCUT2D eigenvalue weighted by Gasteiger charge is -2.14. The van der Waals surface area contributed by atoms with E-state index in [2.05, 4.69) is 26.0 Å². The maximum absolute atomic E-state index is 10.5. The molecule has 1 aromatic carbocycles. The highest BCUT2D eigenvalue weighted by Crippen LogP contribution is 2.36. The molecule has 1 nitrogen and oxygen atoms in total. The van der Waals surface area contributed by atoms with Crippen LogP contribution in [0.3, 0.4) is 0 Å². The predicted octanol–water partition coefficient (Wildman–Crippen LogP) is 4.92. The molecule has 1 aromatic heterocycles. The third-order valence-electron chi connectivity index (χ3n) is 3.48. The Morgan fingerprint density at radius 1 is 1.21 bits per heavy atom. The third-order valence-corrected chi connectivity index (χ3v) is 5.25. The molecular weight excluding hydrogens is 276 g/mol. The Kier molecular flexibility index (Phi) is 4.67. The zero-order valence-electron chi connectivity index (χ0n) is 11.5. The topological polar surface area (TPSA) is 20.2 Å². The molecule has 0 aliphatic carbocycles. The highest BCUT2D eigenvalue weighted by molar-refractivity contribution is 7.10. The van der Waals surface area contributed by atoms with Crippen molar-refractivity contribution in [1.29, 1.82) is 0 Å². The first-order valence-electron chi connectivity index (χ1n) is 6.61. The molecule has 0 radical (unpaired) electrons. The normalized spacial score (nSPS) is 12.7. The number of aliphatic hydroxyl groups is 1. The SMILES string of the molecule is CCc1ccc(C(O)c2scc(C)c2Cl)cc1CC. The predicted molar refractivity (Wildman–Crippen MR) is 83.3 cm³/mol. The van der Waals surface area contributed by atoms with Gasteiger partial charge in [-0.15, -0.1) is 11.3 Å². The van der Waals surface area contributed by atoms with Gasteiger partial charge in [0.2, 0.25) is 0 Å². The molecule has 0 bridgehead atoms. The lowest BCUT2D eigenvalue weighted by atomic mass is 9.97. The number of thiophene rings is 1. The Bertz CT molecular complexity index is 574. The van der Waals surface area contributed by atoms with E-state index in [9.17, 15) is 5.11 Å². The molecule has 0 aliphatic rings. The minimum Gasteiger partial charge on any atom is -0.383 e. The van der Waals surface area contributed by atoms with Crippen molar-refractivity contribution in [3.63, 3.8) is 0 Å². The summed E-state index contributed by atoms with van der Waals surface area (Å²) in [6.07, 6.45) is 1.39. The average Bonchev–Trinajstić information content (AvgIpc) is 2.77. The Morgan fingerprint density at radius 3 is 2.42 bits per heavy atom. The van der Waals surface area contributed by atoms with Crippen LogP contribution < -0.4 is 0 Å². The lowest BCUT2D eigenvalue weighted by molar-refractivity contribution is 0.224. The van der Waals surface area contributed by atoms with Crippen molar-refractivity contribution in [1.82, 2.24) is 0 Å². The van der Waals surface area contributed by atoms with Gasteiger partial charge in [0.15, 0.2) is 0 Å². The Labute approximate surface area is 123 Å². The summed E-state index contributed by atoms with van der Waals surface area (Å²) in [5.41, 5.74) is 4.62. The van der Waals surface area contributed by atoms with E-state index in [1.54, 1.807) is 0 Å². The number of aryl methyl sites for hydroxylation is 3. The van der Waals surface area contributed by atoms with Crippen molar-refractivity contribution >= 4 is 22.9 Å². The van der Waals surface area contributed by atoms with E-state index in [4.69, 9.17) is 11.6 Å². The van der Waals surface area contributed by atoms with Crippen LogP contribution in [0.4, 0.5) is 0 Å². The standard InChI is InChI=1S/C16H19ClOS/c1-4-11-6-7-13(8-12(11)5-2)15(18)16-14(17)10(3)9-19-16/h6-9,15,18H,4-5H2,1-3H3. The molecule has 0 fully saturated rings. The second-order valence-corrected chi connectivity index (χ2v) is 6.02.